The molecule has 0 spiro atoms. The molecule has 0 aliphatic carbocycles. The normalized spacial score (nSPS) is 17.0. The van der Waals surface area contributed by atoms with Gasteiger partial charge in [-0.15, -0.1) is 0 Å². The maximum absolute atomic E-state index is 9.37. The van der Waals surface area contributed by atoms with Crippen LogP contribution in [0.2, 0.25) is 0 Å². The van der Waals surface area contributed by atoms with Gasteiger partial charge in [-0.2, -0.15) is 0 Å². The molecule has 12 heavy (non-hydrogen) atoms. The number of hydrogen-bond donors (Lipinski definition) is 1. The Balaban J connectivity index is 3.78. The molecular formula is C9H20BrNO. The first-order valence-corrected chi connectivity index (χ1v) is 5.55. The van der Waals surface area contributed by atoms with E-state index < -0.39 is 0 Å². The van der Waals surface area contributed by atoms with Crippen LogP contribution in [0.4, 0.5) is 0 Å². The van der Waals surface area contributed by atoms with E-state index >= 15 is 0 Å². The molecule has 74 valence electrons. The lowest BCUT2D eigenvalue weighted by Crippen LogP contribution is -2.39. The van der Waals surface area contributed by atoms with Crippen LogP contribution in [0.5, 0.6) is 0 Å². The fourth-order valence-corrected chi connectivity index (χ4v) is 1.26. The lowest BCUT2D eigenvalue weighted by Gasteiger charge is -2.29. The molecule has 0 heterocycles. The van der Waals surface area contributed by atoms with Crippen molar-refractivity contribution >= 4 is 15.9 Å². The van der Waals surface area contributed by atoms with E-state index in [9.17, 15) is 5.11 Å². The molecule has 0 aliphatic rings. The highest BCUT2D eigenvalue weighted by atomic mass is 79.9. The highest BCUT2D eigenvalue weighted by molar-refractivity contribution is 9.09. The van der Waals surface area contributed by atoms with Crippen molar-refractivity contribution in [2.45, 2.75) is 32.9 Å². The van der Waals surface area contributed by atoms with Crippen molar-refractivity contribution in [1.82, 2.24) is 4.90 Å². The molecule has 0 radical (unpaired) electrons. The van der Waals surface area contributed by atoms with Gasteiger partial charge < -0.3 is 10.0 Å². The zero-order valence-electron chi connectivity index (χ0n) is 8.42. The van der Waals surface area contributed by atoms with Crippen LogP contribution in [-0.2, 0) is 0 Å². The molecule has 0 aromatic rings. The molecule has 0 aliphatic heterocycles. The molecule has 2 unspecified atom stereocenters. The number of likely N-dealkylation sites (N-methyl/N-ethyl adjacent to an activating group) is 1. The number of aliphatic hydroxyl groups excluding tert-OH is 1. The van der Waals surface area contributed by atoms with Crippen LogP contribution >= 0.6 is 15.9 Å². The van der Waals surface area contributed by atoms with E-state index in [1.807, 2.05) is 0 Å². The third-order valence-corrected chi connectivity index (χ3v) is 3.08. The Kier molecular flexibility index (Phi) is 6.14. The molecule has 0 amide bonds. The average Bonchev–Trinajstić information content (AvgIpc) is 2.02. The summed E-state index contributed by atoms with van der Waals surface area (Å²) in [6.07, 6.45) is -0.254. The standard InChI is InChI=1S/C9H20BrNO/c1-7(2)8(3)11(4)6-9(12)5-10/h7-9,12H,5-6H2,1-4H3. The largest absolute Gasteiger partial charge is 0.391 e. The summed E-state index contributed by atoms with van der Waals surface area (Å²) in [6, 6.07) is 0.527. The maximum Gasteiger partial charge on any atom is 0.0763 e. The first kappa shape index (κ1) is 12.4. The third kappa shape index (κ3) is 4.43. The highest BCUT2D eigenvalue weighted by Crippen LogP contribution is 2.08. The van der Waals surface area contributed by atoms with Crippen molar-refractivity contribution in [2.75, 3.05) is 18.9 Å². The summed E-state index contributed by atoms with van der Waals surface area (Å²) >= 11 is 3.25. The Bertz CT molecular complexity index is 119. The molecule has 2 atom stereocenters. The Hall–Kier alpha value is 0.400. The van der Waals surface area contributed by atoms with E-state index in [1.54, 1.807) is 0 Å². The van der Waals surface area contributed by atoms with Gasteiger partial charge in [0, 0.05) is 17.9 Å². The Labute approximate surface area is 84.1 Å². The lowest BCUT2D eigenvalue weighted by atomic mass is 10.1. The first-order chi connectivity index (χ1) is 5.49. The summed E-state index contributed by atoms with van der Waals surface area (Å²) < 4.78 is 0. The fraction of sp³-hybridized carbons (Fsp3) is 1.00. The number of rotatable bonds is 5. The summed E-state index contributed by atoms with van der Waals surface area (Å²) in [6.45, 7) is 7.32. The van der Waals surface area contributed by atoms with Gasteiger partial charge in [0.05, 0.1) is 6.10 Å². The number of aliphatic hydroxyl groups is 1. The van der Waals surface area contributed by atoms with Gasteiger partial charge in [0.2, 0.25) is 0 Å². The predicted octanol–water partition coefficient (Wildman–Crippen LogP) is 1.72. The summed E-state index contributed by atoms with van der Waals surface area (Å²) in [5.41, 5.74) is 0. The van der Waals surface area contributed by atoms with E-state index in [-0.39, 0.29) is 6.10 Å². The van der Waals surface area contributed by atoms with Crippen LogP contribution in [0.1, 0.15) is 20.8 Å². The van der Waals surface area contributed by atoms with E-state index in [2.05, 4.69) is 48.6 Å². The second-order valence-corrected chi connectivity index (χ2v) is 4.38. The quantitative estimate of drug-likeness (QED) is 0.737. The SMILES string of the molecule is CC(C)C(C)N(C)CC(O)CBr. The van der Waals surface area contributed by atoms with Gasteiger partial charge in [-0.1, -0.05) is 29.8 Å². The molecule has 0 saturated heterocycles. The van der Waals surface area contributed by atoms with Crippen molar-refractivity contribution in [3.63, 3.8) is 0 Å². The third-order valence-electron chi connectivity index (χ3n) is 2.34. The fourth-order valence-electron chi connectivity index (χ4n) is 1.06. The van der Waals surface area contributed by atoms with Crippen LogP contribution in [0.25, 0.3) is 0 Å². The topological polar surface area (TPSA) is 23.5 Å². The van der Waals surface area contributed by atoms with Crippen LogP contribution < -0.4 is 0 Å². The Morgan fingerprint density at radius 2 is 1.83 bits per heavy atom. The van der Waals surface area contributed by atoms with Crippen LogP contribution in [0.3, 0.4) is 0 Å². The Morgan fingerprint density at radius 1 is 1.33 bits per heavy atom. The van der Waals surface area contributed by atoms with E-state index in [1.165, 1.54) is 0 Å². The second-order valence-electron chi connectivity index (χ2n) is 3.73. The summed E-state index contributed by atoms with van der Waals surface area (Å²) in [5.74, 6) is 0.637. The zero-order chi connectivity index (χ0) is 9.72. The number of hydrogen-bond acceptors (Lipinski definition) is 2. The molecule has 0 bridgehead atoms. The van der Waals surface area contributed by atoms with Crippen molar-refractivity contribution < 1.29 is 5.11 Å². The first-order valence-electron chi connectivity index (χ1n) is 4.43. The van der Waals surface area contributed by atoms with Gasteiger partial charge in [0.1, 0.15) is 0 Å². The van der Waals surface area contributed by atoms with Gasteiger partial charge in [0.15, 0.2) is 0 Å². The minimum absolute atomic E-state index is 0.254. The molecule has 0 aromatic heterocycles. The minimum Gasteiger partial charge on any atom is -0.391 e. The zero-order valence-corrected chi connectivity index (χ0v) is 10.0. The highest BCUT2D eigenvalue weighted by Gasteiger charge is 2.15. The number of alkyl halides is 1. The maximum atomic E-state index is 9.37. The van der Waals surface area contributed by atoms with Crippen molar-refractivity contribution in [3.05, 3.63) is 0 Å². The van der Waals surface area contributed by atoms with Gasteiger partial charge >= 0.3 is 0 Å². The summed E-state index contributed by atoms with van der Waals surface area (Å²) in [7, 11) is 2.05. The molecular weight excluding hydrogens is 218 g/mol. The molecule has 0 rings (SSSR count). The van der Waals surface area contributed by atoms with Gasteiger partial charge in [-0.25, -0.2) is 0 Å². The van der Waals surface area contributed by atoms with E-state index in [0.29, 0.717) is 17.3 Å². The van der Waals surface area contributed by atoms with Crippen molar-refractivity contribution in [2.24, 2.45) is 5.92 Å². The number of halogens is 1. The number of nitrogens with zero attached hydrogens (tertiary/aromatic N) is 1. The molecule has 0 saturated carbocycles. The summed E-state index contributed by atoms with van der Waals surface area (Å²) in [4.78, 5) is 2.19. The van der Waals surface area contributed by atoms with E-state index in [0.717, 1.165) is 6.54 Å². The molecule has 0 aromatic carbocycles. The lowest BCUT2D eigenvalue weighted by molar-refractivity contribution is 0.111. The van der Waals surface area contributed by atoms with Crippen LogP contribution in [0.15, 0.2) is 0 Å². The van der Waals surface area contributed by atoms with Gasteiger partial charge in [-0.05, 0) is 19.9 Å². The monoisotopic (exact) mass is 237 g/mol. The predicted molar refractivity (Wildman–Crippen MR) is 56.7 cm³/mol. The molecule has 2 nitrogen and oxygen atoms in total. The summed E-state index contributed by atoms with van der Waals surface area (Å²) in [5, 5.41) is 10.0. The Morgan fingerprint density at radius 3 is 2.17 bits per heavy atom. The second kappa shape index (κ2) is 5.95. The van der Waals surface area contributed by atoms with E-state index in [4.69, 9.17) is 0 Å². The molecule has 3 heteroatoms. The van der Waals surface area contributed by atoms with Crippen LogP contribution in [0, 0.1) is 5.92 Å². The molecule has 1 N–H and O–H groups in total. The van der Waals surface area contributed by atoms with Crippen molar-refractivity contribution in [1.29, 1.82) is 0 Å². The minimum atomic E-state index is -0.254. The smallest absolute Gasteiger partial charge is 0.0763 e. The average molecular weight is 238 g/mol. The van der Waals surface area contributed by atoms with Gasteiger partial charge in [-0.3, -0.25) is 0 Å². The molecule has 0 fully saturated rings. The van der Waals surface area contributed by atoms with Crippen molar-refractivity contribution in [3.8, 4) is 0 Å². The van der Waals surface area contributed by atoms with Crippen LogP contribution in [-0.4, -0.2) is 41.1 Å². The van der Waals surface area contributed by atoms with Gasteiger partial charge in [0.25, 0.3) is 0 Å².